The maximum Gasteiger partial charge on any atom is 0.354 e. The van der Waals surface area contributed by atoms with Crippen molar-refractivity contribution in [2.24, 2.45) is 7.05 Å². The van der Waals surface area contributed by atoms with Crippen molar-refractivity contribution in [3.8, 4) is 0 Å². The van der Waals surface area contributed by atoms with E-state index in [4.69, 9.17) is 5.11 Å². The predicted octanol–water partition coefficient (Wildman–Crippen LogP) is 0.711. The Morgan fingerprint density at radius 1 is 1.62 bits per heavy atom. The quantitative estimate of drug-likeness (QED) is 0.699. The Labute approximate surface area is 75.0 Å². The second kappa shape index (κ2) is 3.38. The number of ketones is 1. The fraction of sp³-hybridized carbons (Fsp3) is 0.375. The van der Waals surface area contributed by atoms with Gasteiger partial charge in [0, 0.05) is 19.5 Å². The molecule has 1 aromatic heterocycles. The molecule has 0 bridgehead atoms. The fourth-order valence-electron chi connectivity index (χ4n) is 0.985. The number of carbonyl (C=O) groups excluding carboxylic acids is 1. The van der Waals surface area contributed by atoms with Crippen LogP contribution in [0.5, 0.6) is 0 Å². The molecule has 0 aromatic carbocycles. The minimum Gasteiger partial charge on any atom is -0.477 e. The minimum atomic E-state index is -1.08. The summed E-state index contributed by atoms with van der Waals surface area (Å²) in [5, 5.41) is 12.5. The highest BCUT2D eigenvalue weighted by atomic mass is 16.4. The average molecular weight is 182 g/mol. The van der Waals surface area contributed by atoms with Crippen LogP contribution in [-0.2, 0) is 7.05 Å². The average Bonchev–Trinajstić information content (AvgIpc) is 2.46. The van der Waals surface area contributed by atoms with E-state index in [2.05, 4.69) is 5.10 Å². The van der Waals surface area contributed by atoms with Crippen molar-refractivity contribution in [1.82, 2.24) is 9.78 Å². The molecule has 5 heteroatoms. The third kappa shape index (κ3) is 1.74. The van der Waals surface area contributed by atoms with Gasteiger partial charge in [0.1, 0.15) is 11.4 Å². The highest BCUT2D eigenvalue weighted by Gasteiger charge is 2.14. The lowest BCUT2D eigenvalue weighted by Gasteiger charge is -1.91. The summed E-state index contributed by atoms with van der Waals surface area (Å²) in [7, 11) is 1.50. The van der Waals surface area contributed by atoms with Crippen LogP contribution in [0.2, 0.25) is 0 Å². The molecule has 1 N–H and O–H groups in total. The number of Topliss-reactive ketones (excluding diaryl/α,β-unsaturated/α-hetero) is 1. The van der Waals surface area contributed by atoms with Gasteiger partial charge in [0.25, 0.3) is 0 Å². The van der Waals surface area contributed by atoms with Crippen molar-refractivity contribution < 1.29 is 14.7 Å². The molecular weight excluding hydrogens is 172 g/mol. The first-order valence-corrected chi connectivity index (χ1v) is 3.86. The van der Waals surface area contributed by atoms with Gasteiger partial charge in [-0.05, 0) is 0 Å². The highest BCUT2D eigenvalue weighted by Crippen LogP contribution is 2.05. The number of hydrogen-bond donors (Lipinski definition) is 1. The summed E-state index contributed by atoms with van der Waals surface area (Å²) in [5.74, 6) is -1.23. The van der Waals surface area contributed by atoms with Crippen LogP contribution in [0.1, 0.15) is 34.3 Å². The Bertz CT molecular complexity index is 354. The number of nitrogens with zero attached hydrogens (tertiary/aromatic N) is 2. The number of aromatic nitrogens is 2. The number of aryl methyl sites for hydroxylation is 1. The zero-order chi connectivity index (χ0) is 10.0. The van der Waals surface area contributed by atoms with Crippen molar-refractivity contribution >= 4 is 11.8 Å². The smallest absolute Gasteiger partial charge is 0.354 e. The molecule has 0 unspecified atom stereocenters. The van der Waals surface area contributed by atoms with E-state index < -0.39 is 5.97 Å². The first-order chi connectivity index (χ1) is 6.06. The highest BCUT2D eigenvalue weighted by molar-refractivity contribution is 5.96. The molecule has 1 rings (SSSR count). The number of rotatable bonds is 3. The Hall–Kier alpha value is -1.65. The van der Waals surface area contributed by atoms with E-state index in [0.29, 0.717) is 6.42 Å². The zero-order valence-corrected chi connectivity index (χ0v) is 7.44. The van der Waals surface area contributed by atoms with E-state index in [0.717, 1.165) is 0 Å². The Morgan fingerprint density at radius 2 is 2.23 bits per heavy atom. The van der Waals surface area contributed by atoms with Crippen LogP contribution < -0.4 is 0 Å². The second-order valence-corrected chi connectivity index (χ2v) is 2.62. The summed E-state index contributed by atoms with van der Waals surface area (Å²) in [6.07, 6.45) is 0.329. The predicted molar refractivity (Wildman–Crippen MR) is 44.8 cm³/mol. The Kier molecular flexibility index (Phi) is 2.46. The van der Waals surface area contributed by atoms with Crippen molar-refractivity contribution in [2.75, 3.05) is 0 Å². The lowest BCUT2D eigenvalue weighted by molar-refractivity contribution is 0.0685. The molecule has 0 aliphatic carbocycles. The van der Waals surface area contributed by atoms with E-state index >= 15 is 0 Å². The molecule has 5 nitrogen and oxygen atoms in total. The summed E-state index contributed by atoms with van der Waals surface area (Å²) in [6.45, 7) is 1.71. The molecule has 0 saturated heterocycles. The lowest BCUT2D eigenvalue weighted by atomic mass is 10.2. The number of aromatic carboxylic acids is 1. The van der Waals surface area contributed by atoms with Gasteiger partial charge in [-0.3, -0.25) is 9.48 Å². The lowest BCUT2D eigenvalue weighted by Crippen LogP contribution is -2.05. The molecule has 13 heavy (non-hydrogen) atoms. The second-order valence-electron chi connectivity index (χ2n) is 2.62. The molecule has 70 valence electrons. The maximum atomic E-state index is 11.1. The summed E-state index contributed by atoms with van der Waals surface area (Å²) in [4.78, 5) is 21.7. The van der Waals surface area contributed by atoms with Gasteiger partial charge in [0.15, 0.2) is 5.78 Å². The number of hydrogen-bond acceptors (Lipinski definition) is 3. The molecular formula is C8H10N2O3. The molecule has 0 aliphatic heterocycles. The number of carboxylic acids is 1. The van der Waals surface area contributed by atoms with E-state index in [1.54, 1.807) is 6.92 Å². The van der Waals surface area contributed by atoms with Gasteiger partial charge in [-0.2, -0.15) is 5.10 Å². The first kappa shape index (κ1) is 9.44. The van der Waals surface area contributed by atoms with Crippen LogP contribution in [0.3, 0.4) is 0 Å². The summed E-state index contributed by atoms with van der Waals surface area (Å²) in [5.41, 5.74) is 0.235. The van der Waals surface area contributed by atoms with Crippen molar-refractivity contribution in [3.05, 3.63) is 17.5 Å². The van der Waals surface area contributed by atoms with Crippen LogP contribution in [-0.4, -0.2) is 26.6 Å². The largest absolute Gasteiger partial charge is 0.477 e. The van der Waals surface area contributed by atoms with Gasteiger partial charge in [0.05, 0.1) is 0 Å². The fourth-order valence-corrected chi connectivity index (χ4v) is 0.985. The van der Waals surface area contributed by atoms with Crippen LogP contribution in [0.4, 0.5) is 0 Å². The Balaban J connectivity index is 3.09. The van der Waals surface area contributed by atoms with Gasteiger partial charge in [-0.1, -0.05) is 6.92 Å². The monoisotopic (exact) mass is 182 g/mol. The van der Waals surface area contributed by atoms with Gasteiger partial charge in [0.2, 0.25) is 0 Å². The van der Waals surface area contributed by atoms with Gasteiger partial charge >= 0.3 is 5.97 Å². The number of carbonyl (C=O) groups is 2. The van der Waals surface area contributed by atoms with E-state index in [1.165, 1.54) is 17.8 Å². The van der Waals surface area contributed by atoms with Gasteiger partial charge < -0.3 is 5.11 Å². The standard InChI is InChI=1S/C8H10N2O3/c1-3-7(11)5-4-6(8(12)13)10(2)9-5/h4H,3H2,1-2H3,(H,12,13). The van der Waals surface area contributed by atoms with Crippen LogP contribution >= 0.6 is 0 Å². The maximum absolute atomic E-state index is 11.1. The normalized spacial score (nSPS) is 10.0. The molecule has 1 aromatic rings. The molecule has 0 radical (unpaired) electrons. The topological polar surface area (TPSA) is 72.2 Å². The van der Waals surface area contributed by atoms with Crippen LogP contribution in [0.15, 0.2) is 6.07 Å². The molecule has 0 fully saturated rings. The van der Waals surface area contributed by atoms with Gasteiger partial charge in [-0.15, -0.1) is 0 Å². The Morgan fingerprint density at radius 3 is 2.62 bits per heavy atom. The van der Waals surface area contributed by atoms with Crippen molar-refractivity contribution in [3.63, 3.8) is 0 Å². The molecule has 0 amide bonds. The van der Waals surface area contributed by atoms with Gasteiger partial charge in [-0.25, -0.2) is 4.79 Å². The molecule has 0 saturated carbocycles. The van der Waals surface area contributed by atoms with E-state index in [9.17, 15) is 9.59 Å². The van der Waals surface area contributed by atoms with Crippen LogP contribution in [0.25, 0.3) is 0 Å². The van der Waals surface area contributed by atoms with Crippen LogP contribution in [0, 0.1) is 0 Å². The minimum absolute atomic E-state index is 0.0248. The molecule has 1 heterocycles. The molecule has 0 spiro atoms. The molecule has 0 atom stereocenters. The number of carboxylic acid groups (broad SMARTS) is 1. The summed E-state index contributed by atoms with van der Waals surface area (Å²) < 4.78 is 1.19. The van der Waals surface area contributed by atoms with E-state index in [-0.39, 0.29) is 17.2 Å². The summed E-state index contributed by atoms with van der Waals surface area (Å²) in [6, 6.07) is 1.29. The first-order valence-electron chi connectivity index (χ1n) is 3.86. The van der Waals surface area contributed by atoms with Crippen molar-refractivity contribution in [2.45, 2.75) is 13.3 Å². The molecule has 0 aliphatic rings. The third-order valence-electron chi connectivity index (χ3n) is 1.71. The SMILES string of the molecule is CCC(=O)c1cc(C(=O)O)n(C)n1. The third-order valence-corrected chi connectivity index (χ3v) is 1.71. The zero-order valence-electron chi connectivity index (χ0n) is 7.44. The van der Waals surface area contributed by atoms with E-state index in [1.807, 2.05) is 0 Å². The summed E-state index contributed by atoms with van der Waals surface area (Å²) >= 11 is 0. The van der Waals surface area contributed by atoms with Crippen molar-refractivity contribution in [1.29, 1.82) is 0 Å².